The maximum absolute atomic E-state index is 13.0. The number of fused-ring (bicyclic) bond motifs is 1. The fraction of sp³-hybridized carbons (Fsp3) is 0.429. The summed E-state index contributed by atoms with van der Waals surface area (Å²) in [6.07, 6.45) is 3.98. The fourth-order valence-corrected chi connectivity index (χ4v) is 3.80. The highest BCUT2D eigenvalue weighted by Gasteiger charge is 2.22. The lowest BCUT2D eigenvalue weighted by molar-refractivity contribution is 0.102. The Hall–Kier alpha value is -2.80. The Balaban J connectivity index is 1.59. The molecular weight excluding hydrogens is 358 g/mol. The van der Waals surface area contributed by atoms with E-state index in [1.807, 2.05) is 6.07 Å². The van der Waals surface area contributed by atoms with E-state index in [2.05, 4.69) is 10.6 Å². The number of pyridine rings is 1. The van der Waals surface area contributed by atoms with Crippen molar-refractivity contribution in [2.45, 2.75) is 26.3 Å². The molecule has 7 heteroatoms. The summed E-state index contributed by atoms with van der Waals surface area (Å²) >= 11 is 0. The van der Waals surface area contributed by atoms with Gasteiger partial charge in [0.2, 0.25) is 0 Å². The van der Waals surface area contributed by atoms with Gasteiger partial charge < -0.3 is 24.7 Å². The van der Waals surface area contributed by atoms with E-state index in [9.17, 15) is 9.59 Å². The average Bonchev–Trinajstić information content (AvgIpc) is 2.71. The third-order valence-electron chi connectivity index (χ3n) is 5.27. The number of amides is 1. The molecule has 1 fully saturated rings. The van der Waals surface area contributed by atoms with Gasteiger partial charge in [-0.05, 0) is 62.5 Å². The molecule has 2 aliphatic heterocycles. The SMILES string of the molecule is Cc1ccn(CC2CCCNC2)c(=O)c1C(=O)Nc1cccc2c1OCCO2. The number of nitrogens with zero attached hydrogens (tertiary/aromatic N) is 1. The van der Waals surface area contributed by atoms with E-state index in [4.69, 9.17) is 9.47 Å². The van der Waals surface area contributed by atoms with Crippen LogP contribution in [0.2, 0.25) is 0 Å². The van der Waals surface area contributed by atoms with Crippen LogP contribution in [0.15, 0.2) is 35.3 Å². The predicted molar refractivity (Wildman–Crippen MR) is 106 cm³/mol. The number of aryl methyl sites for hydroxylation is 1. The first-order valence-corrected chi connectivity index (χ1v) is 9.74. The smallest absolute Gasteiger partial charge is 0.263 e. The van der Waals surface area contributed by atoms with Crippen molar-refractivity contribution in [1.29, 1.82) is 0 Å². The van der Waals surface area contributed by atoms with Gasteiger partial charge in [-0.15, -0.1) is 0 Å². The lowest BCUT2D eigenvalue weighted by Crippen LogP contribution is -2.36. The zero-order valence-corrected chi connectivity index (χ0v) is 16.0. The summed E-state index contributed by atoms with van der Waals surface area (Å²) in [5.41, 5.74) is 1.07. The van der Waals surface area contributed by atoms with Gasteiger partial charge in [-0.1, -0.05) is 6.07 Å². The maximum Gasteiger partial charge on any atom is 0.263 e. The van der Waals surface area contributed by atoms with Gasteiger partial charge in [0, 0.05) is 12.7 Å². The molecule has 1 aromatic heterocycles. The van der Waals surface area contributed by atoms with Gasteiger partial charge >= 0.3 is 0 Å². The number of ether oxygens (including phenoxy) is 2. The van der Waals surface area contributed by atoms with Crippen molar-refractivity contribution in [1.82, 2.24) is 9.88 Å². The summed E-state index contributed by atoms with van der Waals surface area (Å²) in [5, 5.41) is 6.19. The molecule has 0 saturated carbocycles. The van der Waals surface area contributed by atoms with Crippen molar-refractivity contribution >= 4 is 11.6 Å². The van der Waals surface area contributed by atoms with Gasteiger partial charge in [-0.3, -0.25) is 9.59 Å². The highest BCUT2D eigenvalue weighted by molar-refractivity contribution is 6.06. The number of benzene rings is 1. The van der Waals surface area contributed by atoms with Crippen LogP contribution < -0.4 is 25.7 Å². The number of aromatic nitrogens is 1. The Morgan fingerprint density at radius 3 is 2.96 bits per heavy atom. The van der Waals surface area contributed by atoms with E-state index in [-0.39, 0.29) is 11.1 Å². The number of carbonyl (C=O) groups is 1. The first-order valence-electron chi connectivity index (χ1n) is 9.74. The van der Waals surface area contributed by atoms with E-state index in [1.165, 1.54) is 0 Å². The third kappa shape index (κ3) is 3.75. The van der Waals surface area contributed by atoms with Crippen LogP contribution in [0.4, 0.5) is 5.69 Å². The van der Waals surface area contributed by atoms with Crippen LogP contribution >= 0.6 is 0 Å². The molecule has 0 spiro atoms. The quantitative estimate of drug-likeness (QED) is 0.846. The molecule has 28 heavy (non-hydrogen) atoms. The summed E-state index contributed by atoms with van der Waals surface area (Å²) in [7, 11) is 0. The molecule has 3 heterocycles. The average molecular weight is 383 g/mol. The van der Waals surface area contributed by atoms with E-state index < -0.39 is 5.91 Å². The number of anilines is 1. The minimum absolute atomic E-state index is 0.167. The normalized spacial score (nSPS) is 18.5. The number of hydrogen-bond donors (Lipinski definition) is 2. The topological polar surface area (TPSA) is 81.6 Å². The molecule has 4 rings (SSSR count). The van der Waals surface area contributed by atoms with Crippen molar-refractivity contribution in [3.05, 3.63) is 51.9 Å². The Morgan fingerprint density at radius 1 is 1.29 bits per heavy atom. The van der Waals surface area contributed by atoms with Crippen LogP contribution in [0, 0.1) is 12.8 Å². The molecule has 1 atom stereocenters. The highest BCUT2D eigenvalue weighted by atomic mass is 16.6. The van der Waals surface area contributed by atoms with Crippen LogP contribution in [-0.2, 0) is 6.54 Å². The van der Waals surface area contributed by atoms with Gasteiger partial charge in [0.1, 0.15) is 18.8 Å². The standard InChI is InChI=1S/C21H25N3O4/c1-14-7-9-24(13-15-4-3-8-22-12-15)21(26)18(14)20(25)23-16-5-2-6-17-19(16)28-11-10-27-17/h2,5-7,9,15,22H,3-4,8,10-13H2,1H3,(H,23,25). The Kier molecular flexibility index (Phi) is 5.34. The fourth-order valence-electron chi connectivity index (χ4n) is 3.80. The zero-order valence-electron chi connectivity index (χ0n) is 16.0. The molecule has 0 bridgehead atoms. The van der Waals surface area contributed by atoms with Gasteiger partial charge in [0.05, 0.1) is 5.69 Å². The Bertz CT molecular complexity index is 932. The third-order valence-corrected chi connectivity index (χ3v) is 5.27. The first-order chi connectivity index (χ1) is 13.6. The zero-order chi connectivity index (χ0) is 19.5. The molecule has 1 aromatic carbocycles. The summed E-state index contributed by atoms with van der Waals surface area (Å²) in [6.45, 7) is 5.22. The molecule has 1 saturated heterocycles. The summed E-state index contributed by atoms with van der Waals surface area (Å²) < 4.78 is 12.9. The van der Waals surface area contributed by atoms with Gasteiger partial charge in [0.25, 0.3) is 11.5 Å². The summed E-state index contributed by atoms with van der Waals surface area (Å²) in [5.74, 6) is 1.07. The van der Waals surface area contributed by atoms with E-state index in [0.29, 0.717) is 48.4 Å². The number of carbonyl (C=O) groups excluding carboxylic acids is 1. The first kappa shape index (κ1) is 18.6. The van der Waals surface area contributed by atoms with Gasteiger partial charge in [-0.25, -0.2) is 0 Å². The molecule has 7 nitrogen and oxygen atoms in total. The maximum atomic E-state index is 13.0. The van der Waals surface area contributed by atoms with E-state index >= 15 is 0 Å². The largest absolute Gasteiger partial charge is 0.486 e. The monoisotopic (exact) mass is 383 g/mol. The molecule has 1 unspecified atom stereocenters. The van der Waals surface area contributed by atoms with Crippen molar-refractivity contribution in [2.75, 3.05) is 31.6 Å². The molecule has 1 amide bonds. The molecule has 0 aliphatic carbocycles. The summed E-state index contributed by atoms with van der Waals surface area (Å²) in [6, 6.07) is 7.15. The van der Waals surface area contributed by atoms with Crippen LogP contribution in [0.5, 0.6) is 11.5 Å². The Morgan fingerprint density at radius 2 is 2.14 bits per heavy atom. The number of nitrogens with one attached hydrogen (secondary N) is 2. The molecular formula is C21H25N3O4. The Labute approximate surface area is 163 Å². The lowest BCUT2D eigenvalue weighted by atomic mass is 9.99. The minimum Gasteiger partial charge on any atom is -0.486 e. The molecule has 0 radical (unpaired) electrons. The number of rotatable bonds is 4. The van der Waals surface area contributed by atoms with Crippen molar-refractivity contribution in [2.24, 2.45) is 5.92 Å². The predicted octanol–water partition coefficient (Wildman–Crippen LogP) is 2.18. The number of para-hydroxylation sites is 1. The van der Waals surface area contributed by atoms with Gasteiger partial charge in [-0.2, -0.15) is 0 Å². The second kappa shape index (κ2) is 8.06. The summed E-state index contributed by atoms with van der Waals surface area (Å²) in [4.78, 5) is 26.0. The lowest BCUT2D eigenvalue weighted by Gasteiger charge is -2.24. The van der Waals surface area contributed by atoms with Crippen LogP contribution in [0.1, 0.15) is 28.8 Å². The van der Waals surface area contributed by atoms with E-state index in [0.717, 1.165) is 25.9 Å². The van der Waals surface area contributed by atoms with Crippen LogP contribution in [-0.4, -0.2) is 36.8 Å². The van der Waals surface area contributed by atoms with Crippen molar-refractivity contribution in [3.8, 4) is 11.5 Å². The number of hydrogen-bond acceptors (Lipinski definition) is 5. The second-order valence-corrected chi connectivity index (χ2v) is 7.33. The molecule has 2 aromatic rings. The van der Waals surface area contributed by atoms with Crippen molar-refractivity contribution in [3.63, 3.8) is 0 Å². The van der Waals surface area contributed by atoms with Crippen LogP contribution in [0.25, 0.3) is 0 Å². The van der Waals surface area contributed by atoms with E-state index in [1.54, 1.807) is 35.9 Å². The minimum atomic E-state index is -0.429. The second-order valence-electron chi connectivity index (χ2n) is 7.33. The molecule has 2 aliphatic rings. The van der Waals surface area contributed by atoms with Crippen LogP contribution in [0.3, 0.4) is 0 Å². The molecule has 148 valence electrons. The number of piperidine rings is 1. The highest BCUT2D eigenvalue weighted by Crippen LogP contribution is 2.37. The van der Waals surface area contributed by atoms with Gasteiger partial charge in [0.15, 0.2) is 11.5 Å². The molecule has 2 N–H and O–H groups in total. The van der Waals surface area contributed by atoms with Crippen molar-refractivity contribution < 1.29 is 14.3 Å².